The minimum Gasteiger partial charge on any atom is -0.478 e. The summed E-state index contributed by atoms with van der Waals surface area (Å²) in [6.07, 6.45) is 1.31. The van der Waals surface area contributed by atoms with Gasteiger partial charge in [0.25, 0.3) is 0 Å². The van der Waals surface area contributed by atoms with Crippen molar-refractivity contribution < 1.29 is 9.90 Å². The molecule has 0 fully saturated rings. The van der Waals surface area contributed by atoms with Gasteiger partial charge >= 0.3 is 5.97 Å². The van der Waals surface area contributed by atoms with Crippen molar-refractivity contribution in [2.75, 3.05) is 11.9 Å². The molecule has 100 valence electrons. The molecule has 0 aromatic carbocycles. The number of nitrogens with zero attached hydrogens (tertiary/aromatic N) is 2. The number of anilines is 1. The maximum Gasteiger partial charge on any atom is 0.337 e. The highest BCUT2D eigenvalue weighted by molar-refractivity contribution is 9.10. The lowest BCUT2D eigenvalue weighted by Crippen LogP contribution is -2.17. The van der Waals surface area contributed by atoms with Gasteiger partial charge < -0.3 is 10.0 Å². The first-order valence-corrected chi connectivity index (χ1v) is 7.35. The van der Waals surface area contributed by atoms with Crippen molar-refractivity contribution in [3.8, 4) is 0 Å². The molecule has 2 aromatic heterocycles. The summed E-state index contributed by atoms with van der Waals surface area (Å²) < 4.78 is 1.04. The standard InChI is InChI=1S/C12H10BrClN2O2S/c1-16(5-9-3-8(13)6-19-9)11-10(14)2-7(4-15-11)12(17)18/h2-4,6H,5H2,1H3,(H,17,18). The van der Waals surface area contributed by atoms with E-state index >= 15 is 0 Å². The number of carboxylic acid groups (broad SMARTS) is 1. The van der Waals surface area contributed by atoms with E-state index in [9.17, 15) is 4.79 Å². The number of aromatic carboxylic acids is 1. The van der Waals surface area contributed by atoms with Gasteiger partial charge in [0, 0.05) is 28.0 Å². The van der Waals surface area contributed by atoms with Gasteiger partial charge in [0.15, 0.2) is 0 Å². The Hall–Kier alpha value is -1.11. The summed E-state index contributed by atoms with van der Waals surface area (Å²) in [5, 5.41) is 11.2. The number of carbonyl (C=O) groups is 1. The van der Waals surface area contributed by atoms with E-state index in [4.69, 9.17) is 16.7 Å². The summed E-state index contributed by atoms with van der Waals surface area (Å²) >= 11 is 11.1. The van der Waals surface area contributed by atoms with E-state index in [1.807, 2.05) is 23.4 Å². The molecule has 0 unspecified atom stereocenters. The summed E-state index contributed by atoms with van der Waals surface area (Å²) in [5.41, 5.74) is 0.0843. The summed E-state index contributed by atoms with van der Waals surface area (Å²) in [6.45, 7) is 0.662. The van der Waals surface area contributed by atoms with Gasteiger partial charge in [0.1, 0.15) is 5.82 Å². The van der Waals surface area contributed by atoms with E-state index in [-0.39, 0.29) is 5.56 Å². The highest BCUT2D eigenvalue weighted by atomic mass is 79.9. The van der Waals surface area contributed by atoms with Crippen molar-refractivity contribution >= 4 is 50.7 Å². The summed E-state index contributed by atoms with van der Waals surface area (Å²) in [4.78, 5) is 18.0. The molecule has 0 amide bonds. The fourth-order valence-corrected chi connectivity index (χ4v) is 3.39. The highest BCUT2D eigenvalue weighted by Crippen LogP contribution is 2.27. The predicted molar refractivity (Wildman–Crippen MR) is 80.3 cm³/mol. The molecule has 1 N–H and O–H groups in total. The molecule has 4 nitrogen and oxygen atoms in total. The molecular formula is C12H10BrClN2O2S. The number of pyridine rings is 1. The first kappa shape index (κ1) is 14.3. The second kappa shape index (κ2) is 5.90. The Morgan fingerprint density at radius 1 is 1.58 bits per heavy atom. The lowest BCUT2D eigenvalue weighted by atomic mass is 10.3. The second-order valence-electron chi connectivity index (χ2n) is 3.92. The highest BCUT2D eigenvalue weighted by Gasteiger charge is 2.12. The van der Waals surface area contributed by atoms with Crippen LogP contribution >= 0.6 is 38.9 Å². The zero-order valence-electron chi connectivity index (χ0n) is 9.93. The predicted octanol–water partition coefficient (Wildman–Crippen LogP) is 3.89. The van der Waals surface area contributed by atoms with Crippen molar-refractivity contribution in [3.05, 3.63) is 43.6 Å². The Labute approximate surface area is 127 Å². The molecule has 0 aliphatic heterocycles. The minimum atomic E-state index is -1.04. The van der Waals surface area contributed by atoms with Gasteiger partial charge in [0.05, 0.1) is 17.1 Å². The largest absolute Gasteiger partial charge is 0.478 e. The minimum absolute atomic E-state index is 0.0843. The van der Waals surface area contributed by atoms with Gasteiger partial charge in [-0.3, -0.25) is 0 Å². The first-order chi connectivity index (χ1) is 8.97. The van der Waals surface area contributed by atoms with Gasteiger partial charge in [-0.2, -0.15) is 0 Å². The molecule has 0 atom stereocenters. The molecule has 0 saturated carbocycles. The summed E-state index contributed by atoms with van der Waals surface area (Å²) in [5.74, 6) is -0.470. The van der Waals surface area contributed by atoms with E-state index in [0.29, 0.717) is 17.4 Å². The van der Waals surface area contributed by atoms with Gasteiger partial charge in [-0.15, -0.1) is 11.3 Å². The average molecular weight is 362 g/mol. The fraction of sp³-hybridized carbons (Fsp3) is 0.167. The number of carboxylic acids is 1. The van der Waals surface area contributed by atoms with Crippen LogP contribution in [-0.2, 0) is 6.54 Å². The van der Waals surface area contributed by atoms with Crippen molar-refractivity contribution in [1.29, 1.82) is 0 Å². The first-order valence-electron chi connectivity index (χ1n) is 5.30. The number of hydrogen-bond acceptors (Lipinski definition) is 4. The number of thiophene rings is 1. The second-order valence-corrected chi connectivity index (χ2v) is 6.24. The topological polar surface area (TPSA) is 53.4 Å². The van der Waals surface area contributed by atoms with E-state index in [1.54, 1.807) is 11.3 Å². The van der Waals surface area contributed by atoms with Crippen LogP contribution in [0.15, 0.2) is 28.2 Å². The quantitative estimate of drug-likeness (QED) is 0.897. The van der Waals surface area contributed by atoms with Crippen LogP contribution < -0.4 is 4.90 Å². The molecule has 0 saturated heterocycles. The van der Waals surface area contributed by atoms with Crippen LogP contribution in [0.25, 0.3) is 0 Å². The summed E-state index contributed by atoms with van der Waals surface area (Å²) in [6, 6.07) is 3.44. The molecule has 2 aromatic rings. The number of hydrogen-bond donors (Lipinski definition) is 1. The van der Waals surface area contributed by atoms with Gasteiger partial charge in [-0.1, -0.05) is 11.6 Å². The van der Waals surface area contributed by atoms with Crippen LogP contribution in [0.4, 0.5) is 5.82 Å². The summed E-state index contributed by atoms with van der Waals surface area (Å²) in [7, 11) is 1.86. The van der Waals surface area contributed by atoms with Crippen LogP contribution in [0.1, 0.15) is 15.2 Å². The van der Waals surface area contributed by atoms with Crippen LogP contribution in [-0.4, -0.2) is 23.1 Å². The number of halogens is 2. The Bertz CT molecular complexity index is 618. The van der Waals surface area contributed by atoms with E-state index in [0.717, 1.165) is 9.35 Å². The third kappa shape index (κ3) is 3.46. The SMILES string of the molecule is CN(Cc1cc(Br)cs1)c1ncc(C(=O)O)cc1Cl. The Morgan fingerprint density at radius 2 is 2.32 bits per heavy atom. The Morgan fingerprint density at radius 3 is 2.84 bits per heavy atom. The zero-order chi connectivity index (χ0) is 14.0. The third-order valence-corrected chi connectivity index (χ3v) is 4.41. The monoisotopic (exact) mass is 360 g/mol. The molecule has 2 rings (SSSR count). The molecule has 19 heavy (non-hydrogen) atoms. The van der Waals surface area contributed by atoms with Crippen molar-refractivity contribution in [2.45, 2.75) is 6.54 Å². The van der Waals surface area contributed by atoms with Gasteiger partial charge in [0.2, 0.25) is 0 Å². The average Bonchev–Trinajstić information content (AvgIpc) is 2.74. The molecular weight excluding hydrogens is 352 g/mol. The van der Waals surface area contributed by atoms with Gasteiger partial charge in [-0.25, -0.2) is 9.78 Å². The molecule has 0 radical (unpaired) electrons. The lowest BCUT2D eigenvalue weighted by Gasteiger charge is -2.18. The lowest BCUT2D eigenvalue weighted by molar-refractivity contribution is 0.0696. The van der Waals surface area contributed by atoms with Crippen LogP contribution in [0.2, 0.25) is 5.02 Å². The molecule has 0 bridgehead atoms. The zero-order valence-corrected chi connectivity index (χ0v) is 13.1. The van der Waals surface area contributed by atoms with E-state index < -0.39 is 5.97 Å². The number of rotatable bonds is 4. The van der Waals surface area contributed by atoms with Crippen LogP contribution in [0, 0.1) is 0 Å². The number of aromatic nitrogens is 1. The van der Waals surface area contributed by atoms with Crippen LogP contribution in [0.3, 0.4) is 0 Å². The fourth-order valence-electron chi connectivity index (χ4n) is 1.57. The molecule has 7 heteroatoms. The smallest absolute Gasteiger partial charge is 0.337 e. The molecule has 0 spiro atoms. The molecule has 0 aliphatic rings. The third-order valence-electron chi connectivity index (χ3n) is 2.45. The Balaban J connectivity index is 2.19. The Kier molecular flexibility index (Phi) is 4.44. The molecule has 2 heterocycles. The van der Waals surface area contributed by atoms with Crippen LogP contribution in [0.5, 0.6) is 0 Å². The maximum absolute atomic E-state index is 10.8. The van der Waals surface area contributed by atoms with Crippen molar-refractivity contribution in [2.24, 2.45) is 0 Å². The van der Waals surface area contributed by atoms with E-state index in [2.05, 4.69) is 20.9 Å². The maximum atomic E-state index is 10.8. The van der Waals surface area contributed by atoms with Gasteiger partial charge in [-0.05, 0) is 28.1 Å². The van der Waals surface area contributed by atoms with E-state index in [1.165, 1.54) is 12.3 Å². The van der Waals surface area contributed by atoms with Crippen molar-refractivity contribution in [1.82, 2.24) is 4.98 Å². The molecule has 0 aliphatic carbocycles. The van der Waals surface area contributed by atoms with Crippen molar-refractivity contribution in [3.63, 3.8) is 0 Å². The normalized spacial score (nSPS) is 10.5.